The van der Waals surface area contributed by atoms with Gasteiger partial charge in [0.1, 0.15) is 24.3 Å². The molecule has 9 heteroatoms. The highest BCUT2D eigenvalue weighted by Gasteiger charge is 2.07. The summed E-state index contributed by atoms with van der Waals surface area (Å²) in [4.78, 5) is 10.1. The van der Waals surface area contributed by atoms with Gasteiger partial charge >= 0.3 is 0 Å². The minimum Gasteiger partial charge on any atom is -0.491 e. The number of aliphatic hydroxyl groups excluding tert-OH is 1. The number of hydrogen-bond donors (Lipinski definition) is 3. The second-order valence-corrected chi connectivity index (χ2v) is 7.09. The van der Waals surface area contributed by atoms with Crippen molar-refractivity contribution in [2.75, 3.05) is 26.2 Å². The largest absolute Gasteiger partial charge is 0.491 e. The van der Waals surface area contributed by atoms with Crippen molar-refractivity contribution in [2.24, 2.45) is 4.99 Å². The molecule has 0 amide bonds. The van der Waals surface area contributed by atoms with Gasteiger partial charge < -0.3 is 20.5 Å². The Morgan fingerprint density at radius 1 is 1.29 bits per heavy atom. The number of nitrogens with one attached hydrogen (secondary N) is 2. The van der Waals surface area contributed by atoms with Gasteiger partial charge in [0.05, 0.1) is 11.6 Å². The van der Waals surface area contributed by atoms with Gasteiger partial charge in [-0.05, 0) is 37.6 Å². The highest BCUT2D eigenvalue weighted by Crippen LogP contribution is 2.13. The van der Waals surface area contributed by atoms with Crippen LogP contribution in [-0.2, 0) is 12.8 Å². The summed E-state index contributed by atoms with van der Waals surface area (Å²) >= 11 is 1.73. The van der Waals surface area contributed by atoms with Crippen molar-refractivity contribution in [3.8, 4) is 5.75 Å². The van der Waals surface area contributed by atoms with Crippen molar-refractivity contribution in [3.63, 3.8) is 0 Å². The Balaban J connectivity index is 0.00000392. The van der Waals surface area contributed by atoms with Crippen molar-refractivity contribution >= 4 is 41.3 Å². The van der Waals surface area contributed by atoms with E-state index in [0.29, 0.717) is 18.3 Å². The van der Waals surface area contributed by atoms with Crippen molar-refractivity contribution in [1.82, 2.24) is 15.6 Å². The van der Waals surface area contributed by atoms with E-state index in [9.17, 15) is 9.50 Å². The number of halogens is 2. The molecule has 6 nitrogen and oxygen atoms in total. The molecular formula is C19H28FIN4O2S. The van der Waals surface area contributed by atoms with E-state index in [-0.39, 0.29) is 42.9 Å². The zero-order chi connectivity index (χ0) is 19.5. The highest BCUT2D eigenvalue weighted by atomic mass is 127. The normalized spacial score (nSPS) is 12.2. The Kier molecular flexibility index (Phi) is 12.0. The third-order valence-electron chi connectivity index (χ3n) is 3.64. The smallest absolute Gasteiger partial charge is 0.191 e. The molecule has 0 saturated heterocycles. The molecule has 1 aromatic heterocycles. The summed E-state index contributed by atoms with van der Waals surface area (Å²) < 4.78 is 18.3. The first-order valence-electron chi connectivity index (χ1n) is 9.12. The van der Waals surface area contributed by atoms with Crippen LogP contribution in [0.5, 0.6) is 5.75 Å². The maximum atomic E-state index is 12.9. The van der Waals surface area contributed by atoms with E-state index in [1.807, 2.05) is 13.1 Å². The standard InChI is InChI=1S/C19H27FN4O2S.HI/c1-3-17-12-23-18(27-17)9-10-22-19(21-4-2)24-11-15(25)13-26-16-7-5-14(20)6-8-16;/h5-8,12,15,25H,3-4,9-11,13H2,1-2H3,(H2,21,22,24);1H. The topological polar surface area (TPSA) is 78.8 Å². The lowest BCUT2D eigenvalue weighted by molar-refractivity contribution is 0.114. The molecule has 0 saturated carbocycles. The Morgan fingerprint density at radius 3 is 2.68 bits per heavy atom. The number of aliphatic imine (C=N–C) groups is 1. The van der Waals surface area contributed by atoms with Crippen molar-refractivity contribution in [3.05, 3.63) is 46.2 Å². The predicted molar refractivity (Wildman–Crippen MR) is 122 cm³/mol. The van der Waals surface area contributed by atoms with Gasteiger partial charge in [-0.1, -0.05) is 6.92 Å². The van der Waals surface area contributed by atoms with Gasteiger partial charge in [-0.3, -0.25) is 4.99 Å². The fraction of sp³-hybridized carbons (Fsp3) is 0.474. The highest BCUT2D eigenvalue weighted by molar-refractivity contribution is 14.0. The number of aryl methyl sites for hydroxylation is 1. The van der Waals surface area contributed by atoms with E-state index in [4.69, 9.17) is 4.74 Å². The monoisotopic (exact) mass is 522 g/mol. The molecule has 1 unspecified atom stereocenters. The van der Waals surface area contributed by atoms with Gasteiger partial charge in [0, 0.05) is 30.6 Å². The number of hydrogen-bond acceptors (Lipinski definition) is 5. The van der Waals surface area contributed by atoms with Crippen LogP contribution in [0.15, 0.2) is 35.5 Å². The Labute approximate surface area is 186 Å². The van der Waals surface area contributed by atoms with Crippen LogP contribution in [0.4, 0.5) is 4.39 Å². The number of ether oxygens (including phenoxy) is 1. The van der Waals surface area contributed by atoms with E-state index < -0.39 is 6.10 Å². The third-order valence-corrected chi connectivity index (χ3v) is 4.84. The molecule has 156 valence electrons. The molecule has 0 aliphatic rings. The lowest BCUT2D eigenvalue weighted by Gasteiger charge is -2.13. The van der Waals surface area contributed by atoms with Crippen LogP contribution >= 0.6 is 35.3 Å². The van der Waals surface area contributed by atoms with Crippen LogP contribution in [0.3, 0.4) is 0 Å². The summed E-state index contributed by atoms with van der Waals surface area (Å²) in [6.45, 7) is 5.84. The average molecular weight is 522 g/mol. The second-order valence-electron chi connectivity index (χ2n) is 5.89. The molecule has 0 aliphatic carbocycles. The maximum Gasteiger partial charge on any atom is 0.191 e. The fourth-order valence-corrected chi connectivity index (χ4v) is 3.09. The number of rotatable bonds is 10. The lowest BCUT2D eigenvalue weighted by Crippen LogP contribution is -2.39. The molecule has 3 N–H and O–H groups in total. The SMILES string of the molecule is CCNC(=NCC(O)COc1ccc(F)cc1)NCCc1ncc(CC)s1.I. The average Bonchev–Trinajstić information content (AvgIpc) is 3.13. The summed E-state index contributed by atoms with van der Waals surface area (Å²) in [6.07, 6.45) is 3.01. The molecule has 0 spiro atoms. The number of thiazole rings is 1. The third kappa shape index (κ3) is 9.16. The Hall–Kier alpha value is -1.46. The van der Waals surface area contributed by atoms with E-state index >= 15 is 0 Å². The summed E-state index contributed by atoms with van der Waals surface area (Å²) in [5, 5.41) is 17.5. The number of nitrogens with zero attached hydrogens (tertiary/aromatic N) is 2. The number of aliphatic hydroxyl groups is 1. The van der Waals surface area contributed by atoms with E-state index in [2.05, 4.69) is 27.5 Å². The first kappa shape index (κ1) is 24.6. The summed E-state index contributed by atoms with van der Waals surface area (Å²) in [5.41, 5.74) is 0. The molecule has 1 aromatic carbocycles. The van der Waals surface area contributed by atoms with Gasteiger partial charge in [-0.15, -0.1) is 35.3 Å². The van der Waals surface area contributed by atoms with E-state index in [1.54, 1.807) is 11.3 Å². The molecule has 0 radical (unpaired) electrons. The maximum absolute atomic E-state index is 12.9. The second kappa shape index (κ2) is 13.7. The fourth-order valence-electron chi connectivity index (χ4n) is 2.23. The van der Waals surface area contributed by atoms with Gasteiger partial charge in [0.25, 0.3) is 0 Å². The van der Waals surface area contributed by atoms with Gasteiger partial charge in [0.2, 0.25) is 0 Å². The van der Waals surface area contributed by atoms with Crippen LogP contribution in [0, 0.1) is 5.82 Å². The van der Waals surface area contributed by atoms with Crippen molar-refractivity contribution in [2.45, 2.75) is 32.8 Å². The lowest BCUT2D eigenvalue weighted by atomic mass is 10.3. The van der Waals surface area contributed by atoms with Crippen LogP contribution < -0.4 is 15.4 Å². The predicted octanol–water partition coefficient (Wildman–Crippen LogP) is 3.00. The zero-order valence-corrected chi connectivity index (χ0v) is 19.3. The van der Waals surface area contributed by atoms with Crippen LogP contribution in [0.25, 0.3) is 0 Å². The molecule has 1 heterocycles. The number of benzene rings is 1. The van der Waals surface area contributed by atoms with Crippen LogP contribution in [0.2, 0.25) is 0 Å². The summed E-state index contributed by atoms with van der Waals surface area (Å²) in [5.74, 6) is 0.836. The summed E-state index contributed by atoms with van der Waals surface area (Å²) in [7, 11) is 0. The summed E-state index contributed by atoms with van der Waals surface area (Å²) in [6, 6.07) is 5.69. The first-order chi connectivity index (χ1) is 13.1. The first-order valence-corrected chi connectivity index (χ1v) is 9.94. The molecule has 0 aliphatic heterocycles. The number of guanidine groups is 1. The molecule has 0 fully saturated rings. The molecule has 1 atom stereocenters. The zero-order valence-electron chi connectivity index (χ0n) is 16.2. The van der Waals surface area contributed by atoms with Gasteiger partial charge in [0.15, 0.2) is 5.96 Å². The molecule has 2 aromatic rings. The Morgan fingerprint density at radius 2 is 2.04 bits per heavy atom. The molecule has 0 bridgehead atoms. The quantitative estimate of drug-likeness (QED) is 0.254. The van der Waals surface area contributed by atoms with E-state index in [1.165, 1.54) is 29.1 Å². The molecule has 2 rings (SSSR count). The molecular weight excluding hydrogens is 494 g/mol. The number of aromatic nitrogens is 1. The van der Waals surface area contributed by atoms with Crippen molar-refractivity contribution in [1.29, 1.82) is 0 Å². The van der Waals surface area contributed by atoms with Crippen molar-refractivity contribution < 1.29 is 14.2 Å². The minimum absolute atomic E-state index is 0. The molecule has 28 heavy (non-hydrogen) atoms. The van der Waals surface area contributed by atoms with Crippen LogP contribution in [0.1, 0.15) is 23.7 Å². The minimum atomic E-state index is -0.753. The van der Waals surface area contributed by atoms with E-state index in [0.717, 1.165) is 24.4 Å². The van der Waals surface area contributed by atoms with Gasteiger partial charge in [-0.2, -0.15) is 0 Å². The Bertz CT molecular complexity index is 712. The van der Waals surface area contributed by atoms with Crippen LogP contribution in [-0.4, -0.2) is 48.4 Å². The van der Waals surface area contributed by atoms with Gasteiger partial charge in [-0.25, -0.2) is 9.37 Å².